The smallest absolute Gasteiger partial charge is 0.475 e. The summed E-state index contributed by atoms with van der Waals surface area (Å²) in [4.78, 5) is 23.7. The molecule has 3 rings (SSSR count). The van der Waals surface area contributed by atoms with Crippen molar-refractivity contribution in [2.24, 2.45) is 0 Å². The van der Waals surface area contributed by atoms with Crippen LogP contribution in [-0.4, -0.2) is 79.5 Å². The summed E-state index contributed by atoms with van der Waals surface area (Å²) < 4.78 is 60.2. The predicted molar refractivity (Wildman–Crippen MR) is 124 cm³/mol. The van der Waals surface area contributed by atoms with Crippen LogP contribution in [0.15, 0.2) is 29.2 Å². The van der Waals surface area contributed by atoms with E-state index >= 15 is 0 Å². The number of halogens is 3. The largest absolute Gasteiger partial charge is 0.490 e. The summed E-state index contributed by atoms with van der Waals surface area (Å²) in [6, 6.07) is 7.19. The molecular weight excluding hydrogens is 487 g/mol. The fourth-order valence-electron chi connectivity index (χ4n) is 4.18. The molecule has 1 saturated heterocycles. The number of alkyl halides is 3. The van der Waals surface area contributed by atoms with Crippen LogP contribution in [0.1, 0.15) is 51.0 Å². The van der Waals surface area contributed by atoms with Crippen molar-refractivity contribution in [3.8, 4) is 0 Å². The van der Waals surface area contributed by atoms with Crippen LogP contribution in [0.3, 0.4) is 0 Å². The van der Waals surface area contributed by atoms with Crippen molar-refractivity contribution in [1.29, 1.82) is 0 Å². The van der Waals surface area contributed by atoms with E-state index in [1.807, 2.05) is 17.0 Å². The van der Waals surface area contributed by atoms with E-state index in [-0.39, 0.29) is 24.9 Å². The zero-order valence-electron chi connectivity index (χ0n) is 19.9. The van der Waals surface area contributed by atoms with Gasteiger partial charge in [0.2, 0.25) is 15.9 Å². The van der Waals surface area contributed by atoms with E-state index in [1.54, 1.807) is 16.4 Å². The fraction of sp³-hybridized carbons (Fsp3) is 0.652. The lowest BCUT2D eigenvalue weighted by atomic mass is 9.95. The van der Waals surface area contributed by atoms with Crippen LogP contribution in [0.4, 0.5) is 13.2 Å². The number of carbonyl (C=O) groups is 2. The van der Waals surface area contributed by atoms with Crippen molar-refractivity contribution < 1.29 is 36.3 Å². The molecule has 2 aliphatic rings. The summed E-state index contributed by atoms with van der Waals surface area (Å²) in [5.74, 6) is -2.70. The first-order chi connectivity index (χ1) is 16.5. The van der Waals surface area contributed by atoms with E-state index < -0.39 is 22.2 Å². The normalized spacial score (nSPS) is 17.6. The number of aliphatic carboxylic acids is 1. The van der Waals surface area contributed by atoms with Crippen molar-refractivity contribution in [3.05, 3.63) is 29.8 Å². The minimum Gasteiger partial charge on any atom is -0.475 e. The molecule has 2 N–H and O–H groups in total. The van der Waals surface area contributed by atoms with Crippen molar-refractivity contribution in [1.82, 2.24) is 14.5 Å². The quantitative estimate of drug-likeness (QED) is 0.571. The Morgan fingerprint density at radius 3 is 2.11 bits per heavy atom. The highest BCUT2D eigenvalue weighted by atomic mass is 32.2. The standard InChI is InChI=1S/C21H33N3O3S.C2HF3O2/c1-2-18-8-10-20(11-9-18)28(26,27)24(19-6-4-3-5-7-19)15-12-21(25)23-16-13-22-14-17-23;3-2(4,5)1(6)7/h8-11,19,22H,2-7,12-17H2,1H3;(H,6,7). The van der Waals surface area contributed by atoms with Crippen LogP contribution < -0.4 is 5.32 Å². The molecule has 1 aromatic carbocycles. The number of sulfonamides is 1. The van der Waals surface area contributed by atoms with E-state index in [1.165, 1.54) is 0 Å². The van der Waals surface area contributed by atoms with Crippen LogP contribution in [-0.2, 0) is 26.0 Å². The number of nitrogens with one attached hydrogen (secondary N) is 1. The van der Waals surface area contributed by atoms with E-state index in [4.69, 9.17) is 9.90 Å². The summed E-state index contributed by atoms with van der Waals surface area (Å²) in [5, 5.41) is 10.4. The number of aryl methyl sites for hydroxylation is 1. The zero-order chi connectivity index (χ0) is 26.1. The van der Waals surface area contributed by atoms with Crippen LogP contribution in [0.5, 0.6) is 0 Å². The van der Waals surface area contributed by atoms with E-state index in [0.717, 1.165) is 57.2 Å². The Morgan fingerprint density at radius 1 is 1.09 bits per heavy atom. The first kappa shape index (κ1) is 29.1. The van der Waals surface area contributed by atoms with Crippen LogP contribution in [0, 0.1) is 0 Å². The molecule has 1 heterocycles. The molecule has 8 nitrogen and oxygen atoms in total. The molecule has 1 saturated carbocycles. The molecule has 2 fully saturated rings. The lowest BCUT2D eigenvalue weighted by Gasteiger charge is -2.34. The third-order valence-corrected chi connectivity index (χ3v) is 8.14. The number of carbonyl (C=O) groups excluding carboxylic acids is 1. The highest BCUT2D eigenvalue weighted by Gasteiger charge is 2.38. The molecule has 0 spiro atoms. The second kappa shape index (κ2) is 13.2. The van der Waals surface area contributed by atoms with Gasteiger partial charge in [-0.15, -0.1) is 0 Å². The molecule has 0 unspecified atom stereocenters. The van der Waals surface area contributed by atoms with E-state index in [0.29, 0.717) is 18.0 Å². The number of amides is 1. The highest BCUT2D eigenvalue weighted by Crippen LogP contribution is 2.28. The number of carboxylic acid groups (broad SMARTS) is 1. The minimum atomic E-state index is -5.08. The summed E-state index contributed by atoms with van der Waals surface area (Å²) in [7, 11) is -3.60. The zero-order valence-corrected chi connectivity index (χ0v) is 20.7. The molecule has 12 heteroatoms. The second-order valence-electron chi connectivity index (χ2n) is 8.59. The van der Waals surface area contributed by atoms with Gasteiger partial charge in [0.25, 0.3) is 0 Å². The molecule has 0 aromatic heterocycles. The summed E-state index contributed by atoms with van der Waals surface area (Å²) in [6.07, 6.45) is 1.08. The van der Waals surface area contributed by atoms with Gasteiger partial charge in [0.05, 0.1) is 4.90 Å². The Morgan fingerprint density at radius 2 is 1.63 bits per heavy atom. The van der Waals surface area contributed by atoms with Gasteiger partial charge in [-0.05, 0) is 37.0 Å². The Labute approximate surface area is 204 Å². The fourth-order valence-corrected chi connectivity index (χ4v) is 5.86. The topological polar surface area (TPSA) is 107 Å². The lowest BCUT2D eigenvalue weighted by Crippen LogP contribution is -2.48. The van der Waals surface area contributed by atoms with Crippen molar-refractivity contribution in [3.63, 3.8) is 0 Å². The minimum absolute atomic E-state index is 0.000393. The first-order valence-corrected chi connectivity index (χ1v) is 13.3. The molecule has 1 aliphatic heterocycles. The lowest BCUT2D eigenvalue weighted by molar-refractivity contribution is -0.192. The van der Waals surface area contributed by atoms with Crippen LogP contribution in [0.2, 0.25) is 0 Å². The maximum atomic E-state index is 13.4. The van der Waals surface area contributed by atoms with Crippen molar-refractivity contribution in [2.75, 3.05) is 32.7 Å². The van der Waals surface area contributed by atoms with Gasteiger partial charge in [-0.3, -0.25) is 4.79 Å². The van der Waals surface area contributed by atoms with Gasteiger partial charge in [-0.25, -0.2) is 13.2 Å². The number of carboxylic acids is 1. The van der Waals surface area contributed by atoms with Crippen LogP contribution >= 0.6 is 0 Å². The maximum Gasteiger partial charge on any atom is 0.490 e. The van der Waals surface area contributed by atoms with Gasteiger partial charge in [0, 0.05) is 45.2 Å². The van der Waals surface area contributed by atoms with Gasteiger partial charge in [-0.1, -0.05) is 38.3 Å². The molecule has 0 atom stereocenters. The predicted octanol–water partition coefficient (Wildman–Crippen LogP) is 3.03. The van der Waals surface area contributed by atoms with Crippen molar-refractivity contribution in [2.45, 2.75) is 69.0 Å². The Kier molecular flexibility index (Phi) is 11.0. The molecule has 0 bridgehead atoms. The first-order valence-electron chi connectivity index (χ1n) is 11.9. The third kappa shape index (κ3) is 8.76. The van der Waals surface area contributed by atoms with E-state index in [9.17, 15) is 26.4 Å². The number of hydrogen-bond acceptors (Lipinski definition) is 5. The summed E-state index contributed by atoms with van der Waals surface area (Å²) >= 11 is 0. The monoisotopic (exact) mass is 521 g/mol. The molecule has 0 radical (unpaired) electrons. The second-order valence-corrected chi connectivity index (χ2v) is 10.5. The van der Waals surface area contributed by atoms with E-state index in [2.05, 4.69) is 12.2 Å². The van der Waals surface area contributed by atoms with Crippen molar-refractivity contribution >= 4 is 21.9 Å². The van der Waals surface area contributed by atoms with Gasteiger partial charge in [0.1, 0.15) is 0 Å². The average Bonchev–Trinajstić information content (AvgIpc) is 2.85. The Bertz CT molecular complexity index is 927. The van der Waals surface area contributed by atoms with Gasteiger partial charge in [-0.2, -0.15) is 17.5 Å². The molecule has 1 amide bonds. The molecule has 35 heavy (non-hydrogen) atoms. The number of piperazine rings is 1. The summed E-state index contributed by atoms with van der Waals surface area (Å²) in [5.41, 5.74) is 1.12. The average molecular weight is 522 g/mol. The molecule has 1 aliphatic carbocycles. The summed E-state index contributed by atoms with van der Waals surface area (Å²) in [6.45, 7) is 5.34. The molecular formula is C23H34F3N3O5S. The van der Waals surface area contributed by atoms with Gasteiger partial charge >= 0.3 is 12.1 Å². The SMILES string of the molecule is CCc1ccc(S(=O)(=O)N(CCC(=O)N2CCNCC2)C2CCCCC2)cc1.O=C(O)C(F)(F)F. The van der Waals surface area contributed by atoms with Gasteiger partial charge in [0.15, 0.2) is 0 Å². The van der Waals surface area contributed by atoms with Crippen LogP contribution in [0.25, 0.3) is 0 Å². The number of nitrogens with zero attached hydrogens (tertiary/aromatic N) is 2. The maximum absolute atomic E-state index is 13.4. The third-order valence-electron chi connectivity index (χ3n) is 6.18. The number of hydrogen-bond donors (Lipinski definition) is 2. The molecule has 1 aromatic rings. The number of benzene rings is 1. The Hall–Kier alpha value is -2.18. The highest BCUT2D eigenvalue weighted by molar-refractivity contribution is 7.89. The van der Waals surface area contributed by atoms with Gasteiger partial charge < -0.3 is 15.3 Å². The number of rotatable bonds is 7. The Balaban J connectivity index is 0.000000540. The molecule has 198 valence electrons.